The van der Waals surface area contributed by atoms with E-state index in [2.05, 4.69) is 6.92 Å². The molecule has 0 saturated heterocycles. The van der Waals surface area contributed by atoms with Gasteiger partial charge in [0, 0.05) is 6.92 Å². The molecule has 0 aromatic carbocycles. The summed E-state index contributed by atoms with van der Waals surface area (Å²) in [6, 6.07) is 0. The number of carbonyl (C=O) groups excluding carboxylic acids is 1. The minimum absolute atomic E-state index is 0.0976. The van der Waals surface area contributed by atoms with E-state index in [4.69, 9.17) is 4.74 Å². The number of unbranched alkanes of at least 4 members (excludes halogenated alkanes) is 3. The number of esters is 1. The van der Waals surface area contributed by atoms with Crippen molar-refractivity contribution in [2.75, 3.05) is 0 Å². The van der Waals surface area contributed by atoms with E-state index in [-0.39, 0.29) is 12.1 Å². The molecule has 3 fully saturated rings. The predicted molar refractivity (Wildman–Crippen MR) is 117 cm³/mol. The van der Waals surface area contributed by atoms with Gasteiger partial charge in [-0.1, -0.05) is 51.9 Å². The van der Waals surface area contributed by atoms with Crippen LogP contribution in [-0.2, 0) is 9.53 Å². The Morgan fingerprint density at radius 3 is 1.61 bits per heavy atom. The molecule has 0 unspecified atom stereocenters. The summed E-state index contributed by atoms with van der Waals surface area (Å²) in [4.78, 5) is 11.2. The number of hydrogen-bond acceptors (Lipinski definition) is 2. The molecule has 3 aliphatic carbocycles. The Hall–Kier alpha value is -0.530. The third kappa shape index (κ3) is 6.77. The third-order valence-electron chi connectivity index (χ3n) is 8.56. The maximum Gasteiger partial charge on any atom is 0.302 e. The van der Waals surface area contributed by atoms with Crippen LogP contribution < -0.4 is 0 Å². The second kappa shape index (κ2) is 11.6. The average Bonchev–Trinajstić information content (AvgIpc) is 2.72. The van der Waals surface area contributed by atoms with Crippen molar-refractivity contribution in [3.63, 3.8) is 0 Å². The highest BCUT2D eigenvalue weighted by molar-refractivity contribution is 5.66. The van der Waals surface area contributed by atoms with Crippen molar-refractivity contribution >= 4 is 5.97 Å². The lowest BCUT2D eigenvalue weighted by atomic mass is 9.65. The van der Waals surface area contributed by atoms with Gasteiger partial charge in [-0.3, -0.25) is 4.79 Å². The zero-order valence-electron chi connectivity index (χ0n) is 18.8. The van der Waals surface area contributed by atoms with E-state index in [1.54, 1.807) is 6.92 Å². The zero-order valence-corrected chi connectivity index (χ0v) is 18.8. The second-order valence-corrected chi connectivity index (χ2v) is 10.5. The van der Waals surface area contributed by atoms with Gasteiger partial charge in [0.05, 0.1) is 0 Å². The van der Waals surface area contributed by atoms with Crippen LogP contribution in [0.3, 0.4) is 0 Å². The lowest BCUT2D eigenvalue weighted by Gasteiger charge is -2.41. The Morgan fingerprint density at radius 2 is 1.14 bits per heavy atom. The van der Waals surface area contributed by atoms with Crippen LogP contribution in [0.25, 0.3) is 0 Å². The number of rotatable bonds is 8. The van der Waals surface area contributed by atoms with Gasteiger partial charge in [0.2, 0.25) is 0 Å². The van der Waals surface area contributed by atoms with Crippen molar-refractivity contribution in [2.24, 2.45) is 29.6 Å². The molecule has 3 saturated carbocycles. The molecule has 0 spiro atoms. The van der Waals surface area contributed by atoms with Crippen LogP contribution in [0, 0.1) is 29.6 Å². The summed E-state index contributed by atoms with van der Waals surface area (Å²) in [6.07, 6.45) is 24.3. The van der Waals surface area contributed by atoms with Gasteiger partial charge < -0.3 is 4.74 Å². The van der Waals surface area contributed by atoms with Crippen LogP contribution >= 0.6 is 0 Å². The van der Waals surface area contributed by atoms with Crippen LogP contribution in [0.5, 0.6) is 0 Å². The van der Waals surface area contributed by atoms with E-state index in [1.807, 2.05) is 0 Å². The number of ether oxygens (including phenoxy) is 1. The van der Waals surface area contributed by atoms with Gasteiger partial charge in [-0.15, -0.1) is 0 Å². The fourth-order valence-electron chi connectivity index (χ4n) is 6.81. The molecule has 0 aliphatic heterocycles. The quantitative estimate of drug-likeness (QED) is 0.313. The lowest BCUT2D eigenvalue weighted by Crippen LogP contribution is -2.31. The molecule has 0 atom stereocenters. The molecule has 28 heavy (non-hydrogen) atoms. The summed E-state index contributed by atoms with van der Waals surface area (Å²) < 4.78 is 5.43. The Morgan fingerprint density at radius 1 is 0.679 bits per heavy atom. The maximum atomic E-state index is 11.2. The Labute approximate surface area is 174 Å². The lowest BCUT2D eigenvalue weighted by molar-refractivity contribution is -0.148. The van der Waals surface area contributed by atoms with E-state index in [9.17, 15) is 4.79 Å². The first-order valence-electron chi connectivity index (χ1n) is 12.8. The average molecular weight is 391 g/mol. The molecule has 0 heterocycles. The van der Waals surface area contributed by atoms with Crippen LogP contribution in [0.1, 0.15) is 123 Å². The van der Waals surface area contributed by atoms with E-state index in [1.165, 1.54) is 96.3 Å². The van der Waals surface area contributed by atoms with Crippen LogP contribution in [0.15, 0.2) is 0 Å². The summed E-state index contributed by atoms with van der Waals surface area (Å²) in [5.74, 6) is 4.91. The summed E-state index contributed by atoms with van der Waals surface area (Å²) >= 11 is 0. The smallest absolute Gasteiger partial charge is 0.302 e. The van der Waals surface area contributed by atoms with Gasteiger partial charge in [-0.25, -0.2) is 0 Å². The SMILES string of the molecule is CCCCCCC1CCC(C2CCC(C3CCC(OC(C)=O)CC3)CC2)CC1. The van der Waals surface area contributed by atoms with E-state index < -0.39 is 0 Å². The maximum absolute atomic E-state index is 11.2. The number of hydrogen-bond donors (Lipinski definition) is 0. The highest BCUT2D eigenvalue weighted by atomic mass is 16.5. The molecule has 3 rings (SSSR count). The molecular formula is C26H46O2. The van der Waals surface area contributed by atoms with Gasteiger partial charge in [0.15, 0.2) is 0 Å². The highest BCUT2D eigenvalue weighted by Crippen LogP contribution is 2.46. The van der Waals surface area contributed by atoms with E-state index in [0.717, 1.165) is 42.4 Å². The topological polar surface area (TPSA) is 26.3 Å². The fraction of sp³-hybridized carbons (Fsp3) is 0.962. The van der Waals surface area contributed by atoms with Gasteiger partial charge in [0.1, 0.15) is 6.10 Å². The molecule has 0 bridgehead atoms. The monoisotopic (exact) mass is 390 g/mol. The Bertz CT molecular complexity index is 435. The first-order chi connectivity index (χ1) is 13.7. The molecule has 0 N–H and O–H groups in total. The summed E-state index contributed by atoms with van der Waals surface area (Å²) in [5.41, 5.74) is 0. The van der Waals surface area contributed by atoms with Gasteiger partial charge in [-0.05, 0) is 93.8 Å². The molecule has 0 radical (unpaired) electrons. The molecule has 162 valence electrons. The van der Waals surface area contributed by atoms with Crippen LogP contribution in [-0.4, -0.2) is 12.1 Å². The van der Waals surface area contributed by atoms with Crippen molar-refractivity contribution in [3.05, 3.63) is 0 Å². The van der Waals surface area contributed by atoms with Crippen molar-refractivity contribution < 1.29 is 9.53 Å². The van der Waals surface area contributed by atoms with Gasteiger partial charge >= 0.3 is 5.97 Å². The van der Waals surface area contributed by atoms with Crippen molar-refractivity contribution in [3.8, 4) is 0 Å². The van der Waals surface area contributed by atoms with Crippen LogP contribution in [0.4, 0.5) is 0 Å². The molecule has 0 aromatic rings. The van der Waals surface area contributed by atoms with Gasteiger partial charge in [0.25, 0.3) is 0 Å². The van der Waals surface area contributed by atoms with Crippen molar-refractivity contribution in [1.82, 2.24) is 0 Å². The number of carbonyl (C=O) groups is 1. The van der Waals surface area contributed by atoms with E-state index in [0.29, 0.717) is 0 Å². The van der Waals surface area contributed by atoms with Crippen molar-refractivity contribution in [1.29, 1.82) is 0 Å². The molecule has 0 aromatic heterocycles. The first-order valence-corrected chi connectivity index (χ1v) is 12.8. The minimum atomic E-state index is -0.0976. The Kier molecular flexibility index (Phi) is 9.18. The fourth-order valence-corrected chi connectivity index (χ4v) is 6.81. The second-order valence-electron chi connectivity index (χ2n) is 10.5. The third-order valence-corrected chi connectivity index (χ3v) is 8.56. The normalized spacial score (nSPS) is 36.8. The molecule has 3 aliphatic rings. The predicted octanol–water partition coefficient (Wildman–Crippen LogP) is 7.69. The molecule has 2 heteroatoms. The highest BCUT2D eigenvalue weighted by Gasteiger charge is 2.35. The molecular weight excluding hydrogens is 344 g/mol. The summed E-state index contributed by atoms with van der Waals surface area (Å²) in [5, 5.41) is 0. The molecule has 2 nitrogen and oxygen atoms in total. The van der Waals surface area contributed by atoms with Gasteiger partial charge in [-0.2, -0.15) is 0 Å². The summed E-state index contributed by atoms with van der Waals surface area (Å²) in [6.45, 7) is 3.86. The zero-order chi connectivity index (χ0) is 19.8. The first kappa shape index (κ1) is 22.2. The van der Waals surface area contributed by atoms with Crippen molar-refractivity contribution in [2.45, 2.75) is 129 Å². The minimum Gasteiger partial charge on any atom is -0.463 e. The van der Waals surface area contributed by atoms with Crippen LogP contribution in [0.2, 0.25) is 0 Å². The largest absolute Gasteiger partial charge is 0.463 e. The molecule has 0 amide bonds. The summed E-state index contributed by atoms with van der Waals surface area (Å²) in [7, 11) is 0. The Balaban J connectivity index is 1.30. The standard InChI is InChI=1S/C26H46O2/c1-3-4-5-6-7-21-8-10-22(11-9-21)23-12-14-24(15-13-23)25-16-18-26(19-17-25)28-20(2)27/h21-26H,3-19H2,1-2H3. The van der Waals surface area contributed by atoms with E-state index >= 15 is 0 Å².